The predicted octanol–water partition coefficient (Wildman–Crippen LogP) is 6.47. The Morgan fingerprint density at radius 1 is 0.686 bits per heavy atom. The molecule has 0 bridgehead atoms. The van der Waals surface area contributed by atoms with Gasteiger partial charge in [0.1, 0.15) is 23.9 Å². The molecule has 0 saturated carbocycles. The Labute approximate surface area is 209 Å². The Bertz CT molecular complexity index is 1160. The molecule has 4 nitrogen and oxygen atoms in total. The maximum Gasteiger partial charge on any atom is 0.119 e. The van der Waals surface area contributed by atoms with Gasteiger partial charge < -0.3 is 14.2 Å². The van der Waals surface area contributed by atoms with Gasteiger partial charge in [-0.05, 0) is 109 Å². The van der Waals surface area contributed by atoms with E-state index in [1.165, 1.54) is 65.8 Å². The number of ether oxygens (including phenoxy) is 3. The molecule has 0 spiro atoms. The second kappa shape index (κ2) is 11.0. The summed E-state index contributed by atoms with van der Waals surface area (Å²) in [6, 6.07) is 23.5. The monoisotopic (exact) mass is 469 g/mol. The standard InChI is InChI=1S/C31H35NO3/c1-33-26-11-6-23(7-12-26)29-16-10-25-22-28(34-2)15-17-30(25)31(29)24-8-13-27(14-9-24)35-21-20-32-18-4-3-5-19-32/h6-9,11-15,17,22H,3-5,10,16,18-21H2,1-2H3. The molecule has 0 unspecified atom stereocenters. The van der Waals surface area contributed by atoms with Gasteiger partial charge in [-0.1, -0.05) is 36.8 Å². The lowest BCUT2D eigenvalue weighted by atomic mass is 9.79. The molecule has 1 aliphatic heterocycles. The van der Waals surface area contributed by atoms with E-state index in [-0.39, 0.29) is 0 Å². The molecule has 0 aromatic heterocycles. The number of likely N-dealkylation sites (tertiary alicyclic amines) is 1. The molecule has 1 heterocycles. The first-order valence-electron chi connectivity index (χ1n) is 12.8. The first-order valence-corrected chi connectivity index (χ1v) is 12.8. The zero-order valence-electron chi connectivity index (χ0n) is 20.9. The number of nitrogens with zero attached hydrogens (tertiary/aromatic N) is 1. The van der Waals surface area contributed by atoms with Crippen molar-refractivity contribution in [1.29, 1.82) is 0 Å². The quantitative estimate of drug-likeness (QED) is 0.378. The second-order valence-electron chi connectivity index (χ2n) is 9.38. The molecule has 1 saturated heterocycles. The summed E-state index contributed by atoms with van der Waals surface area (Å²) in [5.41, 5.74) is 7.72. The molecule has 1 aliphatic carbocycles. The van der Waals surface area contributed by atoms with E-state index < -0.39 is 0 Å². The molecule has 0 N–H and O–H groups in total. The normalized spacial score (nSPS) is 16.1. The van der Waals surface area contributed by atoms with Gasteiger partial charge in [-0.25, -0.2) is 0 Å². The Balaban J connectivity index is 1.43. The minimum atomic E-state index is 0.738. The van der Waals surface area contributed by atoms with E-state index in [0.29, 0.717) is 0 Å². The summed E-state index contributed by atoms with van der Waals surface area (Å²) in [5, 5.41) is 0. The van der Waals surface area contributed by atoms with Crippen LogP contribution in [0.25, 0.3) is 11.1 Å². The van der Waals surface area contributed by atoms with E-state index in [1.807, 2.05) is 12.1 Å². The van der Waals surface area contributed by atoms with Crippen LogP contribution in [0.4, 0.5) is 0 Å². The first-order chi connectivity index (χ1) is 17.2. The van der Waals surface area contributed by atoms with E-state index in [1.54, 1.807) is 14.2 Å². The highest BCUT2D eigenvalue weighted by Gasteiger charge is 2.22. The van der Waals surface area contributed by atoms with Gasteiger partial charge >= 0.3 is 0 Å². The van der Waals surface area contributed by atoms with Gasteiger partial charge in [0.25, 0.3) is 0 Å². The van der Waals surface area contributed by atoms with Crippen LogP contribution in [0, 0.1) is 0 Å². The lowest BCUT2D eigenvalue weighted by Crippen LogP contribution is -2.33. The van der Waals surface area contributed by atoms with Crippen LogP contribution in [0.5, 0.6) is 17.2 Å². The topological polar surface area (TPSA) is 30.9 Å². The number of fused-ring (bicyclic) bond motifs is 1. The van der Waals surface area contributed by atoms with Crippen LogP contribution in [0.1, 0.15) is 47.9 Å². The van der Waals surface area contributed by atoms with Crippen LogP contribution in [-0.2, 0) is 6.42 Å². The van der Waals surface area contributed by atoms with Gasteiger partial charge in [-0.2, -0.15) is 0 Å². The molecule has 1 fully saturated rings. The molecule has 0 amide bonds. The van der Waals surface area contributed by atoms with Crippen molar-refractivity contribution in [2.45, 2.75) is 32.1 Å². The lowest BCUT2D eigenvalue weighted by molar-refractivity contribution is 0.183. The number of aryl methyl sites for hydroxylation is 1. The van der Waals surface area contributed by atoms with Crippen molar-refractivity contribution in [3.8, 4) is 17.2 Å². The summed E-state index contributed by atoms with van der Waals surface area (Å²) >= 11 is 0. The molecule has 182 valence electrons. The van der Waals surface area contributed by atoms with E-state index >= 15 is 0 Å². The molecular formula is C31H35NO3. The molecule has 3 aromatic rings. The maximum atomic E-state index is 6.10. The molecular weight excluding hydrogens is 434 g/mol. The predicted molar refractivity (Wildman–Crippen MR) is 142 cm³/mol. The van der Waals surface area contributed by atoms with Gasteiger partial charge in [0, 0.05) is 6.54 Å². The highest BCUT2D eigenvalue weighted by molar-refractivity contribution is 6.01. The second-order valence-corrected chi connectivity index (χ2v) is 9.38. The molecule has 0 atom stereocenters. The van der Waals surface area contributed by atoms with Gasteiger partial charge in [-0.3, -0.25) is 4.90 Å². The number of allylic oxidation sites excluding steroid dienone is 1. The van der Waals surface area contributed by atoms with Crippen molar-refractivity contribution < 1.29 is 14.2 Å². The van der Waals surface area contributed by atoms with Gasteiger partial charge in [0.05, 0.1) is 14.2 Å². The number of benzene rings is 3. The van der Waals surface area contributed by atoms with Crippen LogP contribution in [0.15, 0.2) is 66.7 Å². The Hall–Kier alpha value is -3.24. The average molecular weight is 470 g/mol. The third-order valence-electron chi connectivity index (χ3n) is 7.23. The van der Waals surface area contributed by atoms with Crippen LogP contribution in [-0.4, -0.2) is 45.4 Å². The molecule has 3 aromatic carbocycles. The highest BCUT2D eigenvalue weighted by Crippen LogP contribution is 2.42. The third kappa shape index (κ3) is 5.38. The smallest absolute Gasteiger partial charge is 0.119 e. The first kappa shape index (κ1) is 23.5. The average Bonchev–Trinajstić information content (AvgIpc) is 2.93. The fourth-order valence-corrected chi connectivity index (χ4v) is 5.30. The summed E-state index contributed by atoms with van der Waals surface area (Å²) < 4.78 is 17.0. The number of hydrogen-bond donors (Lipinski definition) is 0. The van der Waals surface area contributed by atoms with Crippen molar-refractivity contribution in [1.82, 2.24) is 4.90 Å². The van der Waals surface area contributed by atoms with Gasteiger partial charge in [0.2, 0.25) is 0 Å². The SMILES string of the molecule is COc1ccc(C2=C(c3ccc(OCCN4CCCCC4)cc3)c3ccc(OC)cc3CC2)cc1. The zero-order valence-corrected chi connectivity index (χ0v) is 20.9. The Morgan fingerprint density at radius 3 is 2.06 bits per heavy atom. The van der Waals surface area contributed by atoms with Gasteiger partial charge in [0.15, 0.2) is 0 Å². The number of piperidine rings is 1. The van der Waals surface area contributed by atoms with E-state index in [0.717, 1.165) is 43.2 Å². The van der Waals surface area contributed by atoms with Gasteiger partial charge in [-0.15, -0.1) is 0 Å². The maximum absolute atomic E-state index is 6.10. The Morgan fingerprint density at radius 2 is 1.34 bits per heavy atom. The van der Waals surface area contributed by atoms with Crippen molar-refractivity contribution in [3.05, 3.63) is 89.0 Å². The van der Waals surface area contributed by atoms with Crippen LogP contribution in [0.3, 0.4) is 0 Å². The van der Waals surface area contributed by atoms with Crippen molar-refractivity contribution >= 4 is 11.1 Å². The minimum Gasteiger partial charge on any atom is -0.497 e. The van der Waals surface area contributed by atoms with Crippen molar-refractivity contribution in [2.24, 2.45) is 0 Å². The fourth-order valence-electron chi connectivity index (χ4n) is 5.30. The minimum absolute atomic E-state index is 0.738. The van der Waals surface area contributed by atoms with E-state index in [9.17, 15) is 0 Å². The van der Waals surface area contributed by atoms with Crippen molar-refractivity contribution in [3.63, 3.8) is 0 Å². The highest BCUT2D eigenvalue weighted by atomic mass is 16.5. The number of hydrogen-bond acceptors (Lipinski definition) is 4. The fraction of sp³-hybridized carbons (Fsp3) is 0.355. The van der Waals surface area contributed by atoms with Crippen LogP contribution in [0.2, 0.25) is 0 Å². The molecule has 5 rings (SSSR count). The third-order valence-corrected chi connectivity index (χ3v) is 7.23. The molecule has 35 heavy (non-hydrogen) atoms. The molecule has 0 radical (unpaired) electrons. The Kier molecular flexibility index (Phi) is 7.39. The van der Waals surface area contributed by atoms with E-state index in [2.05, 4.69) is 59.5 Å². The van der Waals surface area contributed by atoms with E-state index in [4.69, 9.17) is 14.2 Å². The number of rotatable bonds is 8. The molecule has 4 heteroatoms. The number of methoxy groups -OCH3 is 2. The summed E-state index contributed by atoms with van der Waals surface area (Å²) in [5.74, 6) is 2.72. The lowest BCUT2D eigenvalue weighted by Gasteiger charge is -2.26. The van der Waals surface area contributed by atoms with Crippen molar-refractivity contribution in [2.75, 3.05) is 40.5 Å². The summed E-state index contributed by atoms with van der Waals surface area (Å²) in [6.07, 6.45) is 5.97. The zero-order chi connectivity index (χ0) is 24.0. The summed E-state index contributed by atoms with van der Waals surface area (Å²) in [4.78, 5) is 2.51. The molecule has 2 aliphatic rings. The summed E-state index contributed by atoms with van der Waals surface area (Å²) in [6.45, 7) is 4.15. The largest absolute Gasteiger partial charge is 0.497 e. The van der Waals surface area contributed by atoms with Crippen LogP contribution < -0.4 is 14.2 Å². The summed E-state index contributed by atoms with van der Waals surface area (Å²) in [7, 11) is 3.44. The van der Waals surface area contributed by atoms with Crippen LogP contribution >= 0.6 is 0 Å².